The van der Waals surface area contributed by atoms with Crippen LogP contribution in [-0.4, -0.2) is 25.4 Å². The predicted molar refractivity (Wildman–Crippen MR) is 136 cm³/mol. The van der Waals surface area contributed by atoms with Crippen LogP contribution in [0.5, 0.6) is 11.5 Å². The van der Waals surface area contributed by atoms with Crippen molar-refractivity contribution < 1.29 is 19.1 Å². The van der Waals surface area contributed by atoms with E-state index in [1.165, 1.54) is 0 Å². The number of carbonyl (C=O) groups is 2. The van der Waals surface area contributed by atoms with Crippen LogP contribution in [0.1, 0.15) is 22.0 Å². The number of anilines is 1. The summed E-state index contributed by atoms with van der Waals surface area (Å²) in [6, 6.07) is 32.3. The van der Waals surface area contributed by atoms with Crippen molar-refractivity contribution in [2.45, 2.75) is 21.9 Å². The van der Waals surface area contributed by atoms with E-state index in [1.54, 1.807) is 23.8 Å². The fourth-order valence-corrected chi connectivity index (χ4v) is 4.88. The minimum Gasteiger partial charge on any atom is -0.497 e. The van der Waals surface area contributed by atoms with Crippen LogP contribution in [0.25, 0.3) is 0 Å². The van der Waals surface area contributed by atoms with Gasteiger partial charge in [0.2, 0.25) is 6.10 Å². The van der Waals surface area contributed by atoms with Crippen LogP contribution in [0.3, 0.4) is 0 Å². The van der Waals surface area contributed by atoms with Gasteiger partial charge in [-0.15, -0.1) is 0 Å². The van der Waals surface area contributed by atoms with Crippen molar-refractivity contribution in [3.05, 3.63) is 114 Å². The highest BCUT2D eigenvalue weighted by Crippen LogP contribution is 2.42. The largest absolute Gasteiger partial charge is 0.497 e. The Morgan fingerprint density at radius 3 is 2.00 bits per heavy atom. The summed E-state index contributed by atoms with van der Waals surface area (Å²) >= 11 is 1.62. The summed E-state index contributed by atoms with van der Waals surface area (Å²) in [5.41, 5.74) is 2.44. The Bertz CT molecular complexity index is 1310. The number of ether oxygens (including phenoxy) is 2. The molecule has 0 aromatic heterocycles. The number of hydrogen-bond acceptors (Lipinski definition) is 5. The fraction of sp³-hybridized carbons (Fsp3) is 0.103. The number of rotatable bonds is 8. The summed E-state index contributed by atoms with van der Waals surface area (Å²) < 4.78 is 11.4. The summed E-state index contributed by atoms with van der Waals surface area (Å²) in [4.78, 5) is 28.0. The second-order valence-corrected chi connectivity index (χ2v) is 9.21. The molecule has 0 aliphatic carbocycles. The number of amides is 1. The third kappa shape index (κ3) is 4.79. The Balaban J connectivity index is 1.40. The number of carbonyl (C=O) groups excluding carboxylic acids is 2. The molecule has 2 atom stereocenters. The summed E-state index contributed by atoms with van der Waals surface area (Å²) in [6.45, 7) is 0. The van der Waals surface area contributed by atoms with Gasteiger partial charge in [0, 0.05) is 21.0 Å². The number of hydrogen-bond donors (Lipinski definition) is 0. The number of nitrogens with zero attached hydrogens (tertiary/aromatic N) is 1. The lowest BCUT2D eigenvalue weighted by Gasteiger charge is -2.46. The van der Waals surface area contributed by atoms with E-state index < -0.39 is 6.10 Å². The third-order valence-electron chi connectivity index (χ3n) is 5.88. The molecule has 5 nitrogen and oxygen atoms in total. The first-order chi connectivity index (χ1) is 17.2. The summed E-state index contributed by atoms with van der Waals surface area (Å²) in [6.07, 6.45) is 0.222. The minimum absolute atomic E-state index is 0.0854. The molecule has 1 aliphatic rings. The normalized spacial score (nSPS) is 16.9. The van der Waals surface area contributed by atoms with Crippen LogP contribution in [-0.2, 0) is 4.79 Å². The molecule has 4 aromatic carbocycles. The summed E-state index contributed by atoms with van der Waals surface area (Å²) in [5, 5.41) is 0. The molecule has 4 aromatic rings. The smallest absolute Gasteiger partial charge is 0.271 e. The number of methoxy groups -OCH3 is 1. The van der Waals surface area contributed by atoms with E-state index in [2.05, 4.69) is 0 Å². The molecule has 0 saturated carbocycles. The topological polar surface area (TPSA) is 55.8 Å². The van der Waals surface area contributed by atoms with E-state index in [4.69, 9.17) is 9.47 Å². The van der Waals surface area contributed by atoms with Crippen LogP contribution in [0.2, 0.25) is 0 Å². The lowest BCUT2D eigenvalue weighted by Crippen LogP contribution is -2.61. The molecule has 1 amide bonds. The minimum atomic E-state index is -0.617. The van der Waals surface area contributed by atoms with E-state index in [0.29, 0.717) is 11.3 Å². The van der Waals surface area contributed by atoms with E-state index in [9.17, 15) is 9.59 Å². The molecular weight excluding hydrogens is 458 g/mol. The predicted octanol–water partition coefficient (Wildman–Crippen LogP) is 6.19. The Labute approximate surface area is 208 Å². The Kier molecular flexibility index (Phi) is 6.55. The van der Waals surface area contributed by atoms with Crippen LogP contribution in [0, 0.1) is 0 Å². The standard InChI is InChI=1S/C29H23NO4S/c1-33-23-13-11-22(12-14-23)30-27(28(29(30)32)34-24-5-3-2-4-6-24)21-9-17-26(18-10-21)35-25-15-7-20(19-31)8-16-25/h2-19,27-28H,1H3. The van der Waals surface area contributed by atoms with E-state index in [0.717, 1.165) is 33.1 Å². The lowest BCUT2D eigenvalue weighted by atomic mass is 9.89. The quantitative estimate of drug-likeness (QED) is 0.222. The lowest BCUT2D eigenvalue weighted by molar-refractivity contribution is -0.135. The highest BCUT2D eigenvalue weighted by atomic mass is 32.2. The zero-order chi connectivity index (χ0) is 24.2. The van der Waals surface area contributed by atoms with Crippen molar-refractivity contribution in [1.29, 1.82) is 0 Å². The molecule has 1 fully saturated rings. The van der Waals surface area contributed by atoms with Crippen LogP contribution in [0.15, 0.2) is 113 Å². The fourth-order valence-electron chi connectivity index (χ4n) is 4.06. The average molecular weight is 482 g/mol. The molecule has 0 bridgehead atoms. The van der Waals surface area contributed by atoms with Crippen molar-refractivity contribution >= 4 is 29.6 Å². The summed E-state index contributed by atoms with van der Waals surface area (Å²) in [7, 11) is 1.62. The molecule has 0 spiro atoms. The summed E-state index contributed by atoms with van der Waals surface area (Å²) in [5.74, 6) is 1.31. The maximum atomic E-state index is 13.2. The van der Waals surface area contributed by atoms with Crippen molar-refractivity contribution in [2.24, 2.45) is 0 Å². The number of benzene rings is 4. The molecule has 0 N–H and O–H groups in total. The Morgan fingerprint density at radius 2 is 1.40 bits per heavy atom. The van der Waals surface area contributed by atoms with Crippen molar-refractivity contribution in [2.75, 3.05) is 12.0 Å². The molecule has 6 heteroatoms. The molecule has 1 saturated heterocycles. The molecule has 2 unspecified atom stereocenters. The number of para-hydroxylation sites is 1. The monoisotopic (exact) mass is 481 g/mol. The van der Waals surface area contributed by atoms with Gasteiger partial charge in [-0.05, 0) is 66.2 Å². The molecule has 1 aliphatic heterocycles. The molecule has 1 heterocycles. The van der Waals surface area contributed by atoms with Gasteiger partial charge >= 0.3 is 0 Å². The van der Waals surface area contributed by atoms with Crippen LogP contribution >= 0.6 is 11.8 Å². The van der Waals surface area contributed by atoms with Gasteiger partial charge in [0.15, 0.2) is 0 Å². The first kappa shape index (κ1) is 22.7. The van der Waals surface area contributed by atoms with E-state index in [-0.39, 0.29) is 11.9 Å². The van der Waals surface area contributed by atoms with Crippen molar-refractivity contribution in [3.8, 4) is 11.5 Å². The number of aldehydes is 1. The molecule has 35 heavy (non-hydrogen) atoms. The van der Waals surface area contributed by atoms with Gasteiger partial charge in [0.25, 0.3) is 5.91 Å². The van der Waals surface area contributed by atoms with Gasteiger partial charge in [-0.3, -0.25) is 14.5 Å². The first-order valence-corrected chi connectivity index (χ1v) is 12.0. The highest BCUT2D eigenvalue weighted by Gasteiger charge is 2.51. The molecular formula is C29H23NO4S. The first-order valence-electron chi connectivity index (χ1n) is 11.2. The average Bonchev–Trinajstić information content (AvgIpc) is 2.92. The molecule has 5 rings (SSSR count). The van der Waals surface area contributed by atoms with Crippen molar-refractivity contribution in [3.63, 3.8) is 0 Å². The zero-order valence-electron chi connectivity index (χ0n) is 19.0. The van der Waals surface area contributed by atoms with E-state index >= 15 is 0 Å². The van der Waals surface area contributed by atoms with Gasteiger partial charge < -0.3 is 9.47 Å². The van der Waals surface area contributed by atoms with E-state index in [1.807, 2.05) is 103 Å². The van der Waals surface area contributed by atoms with Gasteiger partial charge in [-0.25, -0.2) is 0 Å². The van der Waals surface area contributed by atoms with Crippen LogP contribution in [0.4, 0.5) is 5.69 Å². The second-order valence-electron chi connectivity index (χ2n) is 8.06. The third-order valence-corrected chi connectivity index (χ3v) is 6.89. The SMILES string of the molecule is COc1ccc(N2C(=O)C(Oc3ccccc3)C2c2ccc(Sc3ccc(C=O)cc3)cc2)cc1. The Morgan fingerprint density at radius 1 is 0.771 bits per heavy atom. The van der Waals surface area contributed by atoms with Gasteiger partial charge in [-0.1, -0.05) is 54.2 Å². The van der Waals surface area contributed by atoms with Crippen molar-refractivity contribution in [1.82, 2.24) is 0 Å². The van der Waals surface area contributed by atoms with Crippen LogP contribution < -0.4 is 14.4 Å². The zero-order valence-corrected chi connectivity index (χ0v) is 19.9. The van der Waals surface area contributed by atoms with Gasteiger partial charge in [0.1, 0.15) is 23.8 Å². The Hall–Kier alpha value is -4.03. The van der Waals surface area contributed by atoms with Gasteiger partial charge in [0.05, 0.1) is 7.11 Å². The maximum Gasteiger partial charge on any atom is 0.271 e. The molecule has 174 valence electrons. The van der Waals surface area contributed by atoms with Gasteiger partial charge in [-0.2, -0.15) is 0 Å². The molecule has 0 radical (unpaired) electrons. The number of β-lactam (4-membered cyclic amide) rings is 1. The highest BCUT2D eigenvalue weighted by molar-refractivity contribution is 7.99. The second kappa shape index (κ2) is 10.1. The maximum absolute atomic E-state index is 13.2.